The molecule has 2 unspecified atom stereocenters. The van der Waals surface area contributed by atoms with Gasteiger partial charge in [-0.05, 0) is 163 Å². The maximum absolute atomic E-state index is 5.28. The van der Waals surface area contributed by atoms with Gasteiger partial charge in [-0.3, -0.25) is 0 Å². The summed E-state index contributed by atoms with van der Waals surface area (Å²) in [5.41, 5.74) is 17.8. The molecule has 0 aliphatic heterocycles. The number of hydrogen-bond donors (Lipinski definition) is 0. The Morgan fingerprint density at radius 2 is 1.54 bits per heavy atom. The van der Waals surface area contributed by atoms with Crippen molar-refractivity contribution in [2.24, 2.45) is 16.8 Å². The fraction of sp³-hybridized carbons (Fsp3) is 0.211. The van der Waals surface area contributed by atoms with E-state index in [2.05, 4.69) is 210 Å². The number of aromatic nitrogens is 1. The number of aliphatic imine (C=N–C) groups is 1. The van der Waals surface area contributed by atoms with Gasteiger partial charge >= 0.3 is 0 Å². The summed E-state index contributed by atoms with van der Waals surface area (Å²) in [5.74, 6) is 1.28. The Labute approximate surface area is 351 Å². The van der Waals surface area contributed by atoms with E-state index < -0.39 is 0 Å². The van der Waals surface area contributed by atoms with E-state index in [0.717, 1.165) is 54.2 Å². The summed E-state index contributed by atoms with van der Waals surface area (Å²) >= 11 is 0. The molecule has 2 aliphatic carbocycles. The van der Waals surface area contributed by atoms with Crippen molar-refractivity contribution in [3.8, 4) is 27.9 Å². The first-order chi connectivity index (χ1) is 28.8. The van der Waals surface area contributed by atoms with Crippen molar-refractivity contribution in [3.63, 3.8) is 0 Å². The van der Waals surface area contributed by atoms with Gasteiger partial charge in [0, 0.05) is 16.5 Å². The highest BCUT2D eigenvalue weighted by molar-refractivity contribution is 6.12. The lowest BCUT2D eigenvalue weighted by Gasteiger charge is -2.19. The number of fused-ring (bicyclic) bond motifs is 3. The number of para-hydroxylation sites is 2. The predicted molar refractivity (Wildman–Crippen MR) is 255 cm³/mol. The van der Waals surface area contributed by atoms with Crippen LogP contribution in [-0.4, -0.2) is 10.3 Å². The lowest BCUT2D eigenvalue weighted by atomic mass is 9.87. The molecule has 0 bridgehead atoms. The third-order valence-corrected chi connectivity index (χ3v) is 12.2. The largest absolute Gasteiger partial charge is 0.309 e. The van der Waals surface area contributed by atoms with Crippen LogP contribution in [0.15, 0.2) is 203 Å². The topological polar surface area (TPSA) is 17.3 Å². The van der Waals surface area contributed by atoms with Gasteiger partial charge in [-0.25, -0.2) is 4.99 Å². The van der Waals surface area contributed by atoms with E-state index in [4.69, 9.17) is 4.99 Å². The zero-order valence-corrected chi connectivity index (χ0v) is 35.4. The van der Waals surface area contributed by atoms with Gasteiger partial charge in [0.15, 0.2) is 0 Å². The third kappa shape index (κ3) is 8.64. The molecule has 0 fully saturated rings. The molecule has 59 heavy (non-hydrogen) atoms. The van der Waals surface area contributed by atoms with Crippen LogP contribution >= 0.6 is 0 Å². The first kappa shape index (κ1) is 39.6. The van der Waals surface area contributed by atoms with E-state index in [1.165, 1.54) is 78.4 Å². The number of rotatable bonds is 11. The van der Waals surface area contributed by atoms with Gasteiger partial charge in [-0.2, -0.15) is 0 Å². The van der Waals surface area contributed by atoms with E-state index in [9.17, 15) is 0 Å². The molecule has 0 N–H and O–H groups in total. The van der Waals surface area contributed by atoms with Crippen molar-refractivity contribution in [1.29, 1.82) is 0 Å². The molecule has 294 valence electrons. The lowest BCUT2D eigenvalue weighted by Crippen LogP contribution is -2.06. The minimum atomic E-state index is 0.539. The molecule has 5 aromatic carbocycles. The van der Waals surface area contributed by atoms with Crippen LogP contribution in [-0.2, 0) is 6.42 Å². The van der Waals surface area contributed by atoms with Crippen LogP contribution in [0.3, 0.4) is 0 Å². The van der Waals surface area contributed by atoms with Gasteiger partial charge in [-0.15, -0.1) is 0 Å². The smallest absolute Gasteiger partial charge is 0.0708 e. The quantitative estimate of drug-likeness (QED) is 0.0923. The normalized spacial score (nSPS) is 17.8. The summed E-state index contributed by atoms with van der Waals surface area (Å²) in [6, 6.07) is 42.2. The summed E-state index contributed by atoms with van der Waals surface area (Å²) in [4.78, 5) is 5.28. The fourth-order valence-electron chi connectivity index (χ4n) is 8.67. The van der Waals surface area contributed by atoms with E-state index in [1.807, 2.05) is 0 Å². The predicted octanol–water partition coefficient (Wildman–Crippen LogP) is 15.6. The SMILES string of the molecule is C=C(N=C(/C=C(\C)C1=CCC(C)CC1)C(/C=C\C)=C/Cc1ccccc1-c1cc(-c2ccc3c(c2)c2ccccc2n3-c2ccccc2)ccc1C)C1=CCC(C)C=C1. The molecular weight excluding hydrogens is 713 g/mol. The summed E-state index contributed by atoms with van der Waals surface area (Å²) < 4.78 is 2.38. The van der Waals surface area contributed by atoms with Crippen LogP contribution in [0.2, 0.25) is 0 Å². The Hall–Kier alpha value is -6.25. The number of nitrogens with zero attached hydrogens (tertiary/aromatic N) is 2. The highest BCUT2D eigenvalue weighted by Gasteiger charge is 2.17. The first-order valence-corrected chi connectivity index (χ1v) is 21.4. The van der Waals surface area contributed by atoms with Crippen LogP contribution in [0.25, 0.3) is 49.7 Å². The molecule has 0 saturated carbocycles. The maximum Gasteiger partial charge on any atom is 0.0708 e. The average molecular weight is 769 g/mol. The van der Waals surface area contributed by atoms with Crippen molar-refractivity contribution in [3.05, 3.63) is 210 Å². The Morgan fingerprint density at radius 1 is 0.797 bits per heavy atom. The minimum Gasteiger partial charge on any atom is -0.309 e. The standard InChI is InChI=1S/C57H56N2/c1-7-15-47(55(36-42(5)44-27-22-39(2)23-28-44)58-43(6)45-29-24-40(3)25-30-45)33-32-46-16-11-12-19-51(46)53-37-48(31-26-41(53)4)49-34-35-57-54(38-49)52-20-13-14-21-56(52)59(57)50-17-9-8-10-18-50/h7-21,24,26-27,29-31,33-40H,6,22-23,25,28,32H2,1-5H3/b15-7-,42-36+,47-33+,58-55?. The molecule has 2 nitrogen and oxygen atoms in total. The Bertz CT molecular complexity index is 2750. The summed E-state index contributed by atoms with van der Waals surface area (Å²) in [5, 5.41) is 2.52. The van der Waals surface area contributed by atoms with E-state index in [-0.39, 0.29) is 0 Å². The van der Waals surface area contributed by atoms with Crippen molar-refractivity contribution >= 4 is 27.5 Å². The molecule has 2 heteroatoms. The Balaban J connectivity index is 1.16. The second-order valence-electron chi connectivity index (χ2n) is 16.6. The average Bonchev–Trinajstić information content (AvgIpc) is 3.59. The molecular formula is C57H56N2. The molecule has 1 aromatic heterocycles. The van der Waals surface area contributed by atoms with Crippen LogP contribution < -0.4 is 0 Å². The van der Waals surface area contributed by atoms with Gasteiger partial charge in [0.1, 0.15) is 0 Å². The number of benzene rings is 5. The van der Waals surface area contributed by atoms with Crippen LogP contribution in [0, 0.1) is 18.8 Å². The molecule has 0 saturated heterocycles. The molecule has 0 spiro atoms. The van der Waals surface area contributed by atoms with E-state index in [1.54, 1.807) is 0 Å². The molecule has 8 rings (SSSR count). The molecule has 2 atom stereocenters. The zero-order valence-electron chi connectivity index (χ0n) is 35.4. The van der Waals surface area contributed by atoms with Crippen LogP contribution in [0.4, 0.5) is 0 Å². The van der Waals surface area contributed by atoms with Crippen molar-refractivity contribution in [1.82, 2.24) is 4.57 Å². The van der Waals surface area contributed by atoms with Crippen LogP contribution in [0.5, 0.6) is 0 Å². The summed E-state index contributed by atoms with van der Waals surface area (Å²) in [6.07, 6.45) is 23.4. The van der Waals surface area contributed by atoms with Gasteiger partial charge < -0.3 is 4.57 Å². The highest BCUT2D eigenvalue weighted by Crippen LogP contribution is 2.37. The van der Waals surface area contributed by atoms with Gasteiger partial charge in [0.25, 0.3) is 0 Å². The Kier molecular flexibility index (Phi) is 11.9. The molecule has 2 aliphatic rings. The van der Waals surface area contributed by atoms with E-state index in [0.29, 0.717) is 5.92 Å². The van der Waals surface area contributed by atoms with Crippen molar-refractivity contribution < 1.29 is 0 Å². The van der Waals surface area contributed by atoms with E-state index >= 15 is 0 Å². The molecule has 0 radical (unpaired) electrons. The van der Waals surface area contributed by atoms with Gasteiger partial charge in [0.05, 0.1) is 22.4 Å². The van der Waals surface area contributed by atoms with Crippen molar-refractivity contribution in [2.75, 3.05) is 0 Å². The minimum absolute atomic E-state index is 0.539. The summed E-state index contributed by atoms with van der Waals surface area (Å²) in [7, 11) is 0. The van der Waals surface area contributed by atoms with Gasteiger partial charge in [-0.1, -0.05) is 142 Å². The molecule has 0 amide bonds. The highest BCUT2D eigenvalue weighted by atomic mass is 15.0. The monoisotopic (exact) mass is 768 g/mol. The number of hydrogen-bond acceptors (Lipinski definition) is 1. The molecule has 6 aromatic rings. The third-order valence-electron chi connectivity index (χ3n) is 12.2. The zero-order chi connectivity index (χ0) is 40.9. The Morgan fingerprint density at radius 3 is 2.32 bits per heavy atom. The second kappa shape index (κ2) is 17.7. The first-order valence-electron chi connectivity index (χ1n) is 21.4. The second-order valence-corrected chi connectivity index (χ2v) is 16.6. The fourth-order valence-corrected chi connectivity index (χ4v) is 8.67. The molecule has 1 heterocycles. The lowest BCUT2D eigenvalue weighted by molar-refractivity contribution is 0.516. The number of aryl methyl sites for hydroxylation is 1. The van der Waals surface area contributed by atoms with Crippen molar-refractivity contribution in [2.45, 2.75) is 66.7 Å². The van der Waals surface area contributed by atoms with Crippen LogP contribution in [0.1, 0.15) is 64.5 Å². The number of allylic oxidation sites excluding steroid dienone is 11. The summed E-state index contributed by atoms with van der Waals surface area (Å²) in [6.45, 7) is 15.6. The van der Waals surface area contributed by atoms with Gasteiger partial charge in [0.2, 0.25) is 0 Å². The maximum atomic E-state index is 5.28.